The highest BCUT2D eigenvalue weighted by Gasteiger charge is 2.27. The molecule has 3 heteroatoms. The van der Waals surface area contributed by atoms with Crippen molar-refractivity contribution in [2.45, 2.75) is 38.5 Å². The van der Waals surface area contributed by atoms with Crippen molar-refractivity contribution in [3.05, 3.63) is 71.3 Å². The van der Waals surface area contributed by atoms with E-state index in [0.29, 0.717) is 12.6 Å². The Morgan fingerprint density at radius 2 is 1.96 bits per heavy atom. The number of rotatable bonds is 7. The molecule has 2 atom stereocenters. The molecule has 0 aromatic heterocycles. The maximum atomic E-state index is 10.6. The number of benzene rings is 2. The van der Waals surface area contributed by atoms with E-state index in [2.05, 4.69) is 72.3 Å². The lowest BCUT2D eigenvalue weighted by molar-refractivity contribution is 0.0750. The van der Waals surface area contributed by atoms with Crippen molar-refractivity contribution in [3.63, 3.8) is 0 Å². The molecule has 1 fully saturated rings. The SMILES string of the molecule is Cc1cccc(C2CCCN2CC(O)CN(C)Cc2ccccc2)c1. The molecule has 0 bridgehead atoms. The van der Waals surface area contributed by atoms with Gasteiger partial charge in [0, 0.05) is 25.7 Å². The molecule has 2 unspecified atom stereocenters. The summed E-state index contributed by atoms with van der Waals surface area (Å²) in [4.78, 5) is 4.66. The van der Waals surface area contributed by atoms with E-state index in [1.54, 1.807) is 0 Å². The van der Waals surface area contributed by atoms with Crippen LogP contribution in [0.25, 0.3) is 0 Å². The highest BCUT2D eigenvalue weighted by molar-refractivity contribution is 5.25. The van der Waals surface area contributed by atoms with Crippen molar-refractivity contribution >= 4 is 0 Å². The highest BCUT2D eigenvalue weighted by Crippen LogP contribution is 2.32. The average molecular weight is 338 g/mol. The third-order valence-corrected chi connectivity index (χ3v) is 5.05. The number of aryl methyl sites for hydroxylation is 1. The quantitative estimate of drug-likeness (QED) is 0.835. The van der Waals surface area contributed by atoms with Crippen LogP contribution in [0, 0.1) is 6.92 Å². The third-order valence-electron chi connectivity index (χ3n) is 5.05. The number of aliphatic hydroxyl groups excluding tert-OH is 1. The van der Waals surface area contributed by atoms with Crippen LogP contribution >= 0.6 is 0 Å². The predicted octanol–water partition coefficient (Wildman–Crippen LogP) is 3.62. The Bertz CT molecular complexity index is 658. The molecular weight excluding hydrogens is 308 g/mol. The van der Waals surface area contributed by atoms with E-state index < -0.39 is 0 Å². The van der Waals surface area contributed by atoms with E-state index in [9.17, 15) is 5.11 Å². The van der Waals surface area contributed by atoms with E-state index in [0.717, 1.165) is 19.6 Å². The van der Waals surface area contributed by atoms with Crippen LogP contribution in [0.1, 0.15) is 35.6 Å². The van der Waals surface area contributed by atoms with Gasteiger partial charge in [0.25, 0.3) is 0 Å². The molecule has 2 aromatic rings. The Labute approximate surface area is 151 Å². The van der Waals surface area contributed by atoms with Gasteiger partial charge < -0.3 is 5.11 Å². The minimum absolute atomic E-state index is 0.320. The lowest BCUT2D eigenvalue weighted by Crippen LogP contribution is -2.38. The number of likely N-dealkylation sites (tertiary alicyclic amines) is 1. The summed E-state index contributed by atoms with van der Waals surface area (Å²) < 4.78 is 0. The number of aliphatic hydroxyl groups is 1. The number of nitrogens with zero attached hydrogens (tertiary/aromatic N) is 2. The van der Waals surface area contributed by atoms with Crippen LogP contribution in [0.3, 0.4) is 0 Å². The van der Waals surface area contributed by atoms with Crippen LogP contribution in [-0.2, 0) is 6.54 Å². The van der Waals surface area contributed by atoms with Gasteiger partial charge in [-0.25, -0.2) is 0 Å². The summed E-state index contributed by atoms with van der Waals surface area (Å²) in [6.45, 7) is 5.55. The van der Waals surface area contributed by atoms with E-state index in [4.69, 9.17) is 0 Å². The summed E-state index contributed by atoms with van der Waals surface area (Å²) in [6, 6.07) is 19.7. The Kier molecular flexibility index (Phi) is 6.24. The molecule has 2 aromatic carbocycles. The van der Waals surface area contributed by atoms with Gasteiger partial charge >= 0.3 is 0 Å². The fraction of sp³-hybridized carbons (Fsp3) is 0.455. The fourth-order valence-corrected chi connectivity index (χ4v) is 3.95. The molecular formula is C22H30N2O. The largest absolute Gasteiger partial charge is 0.390 e. The molecule has 0 saturated carbocycles. The van der Waals surface area contributed by atoms with Gasteiger partial charge in [0.1, 0.15) is 0 Å². The Balaban J connectivity index is 1.53. The lowest BCUT2D eigenvalue weighted by atomic mass is 10.0. The monoisotopic (exact) mass is 338 g/mol. The minimum atomic E-state index is -0.320. The first kappa shape index (κ1) is 18.1. The number of β-amino-alcohol motifs (C(OH)–C–C–N with tert-alkyl or cyclic N) is 1. The topological polar surface area (TPSA) is 26.7 Å². The van der Waals surface area contributed by atoms with Gasteiger partial charge in [0.15, 0.2) is 0 Å². The van der Waals surface area contributed by atoms with Crippen LogP contribution in [0.5, 0.6) is 0 Å². The second kappa shape index (κ2) is 8.61. The molecule has 25 heavy (non-hydrogen) atoms. The molecule has 1 saturated heterocycles. The molecule has 134 valence electrons. The molecule has 3 nitrogen and oxygen atoms in total. The molecule has 1 aliphatic heterocycles. The standard InChI is InChI=1S/C22H30N2O/c1-18-8-6-11-20(14-18)22-12-7-13-24(22)17-21(25)16-23(2)15-19-9-4-3-5-10-19/h3-6,8-11,14,21-22,25H,7,12-13,15-17H2,1-2H3. The number of likely N-dealkylation sites (N-methyl/N-ethyl adjacent to an activating group) is 1. The van der Waals surface area contributed by atoms with Crippen molar-refractivity contribution < 1.29 is 5.11 Å². The first-order valence-electron chi connectivity index (χ1n) is 9.33. The van der Waals surface area contributed by atoms with Gasteiger partial charge in [-0.3, -0.25) is 9.80 Å². The normalized spacial score (nSPS) is 19.4. The molecule has 3 rings (SSSR count). The van der Waals surface area contributed by atoms with Gasteiger partial charge in [-0.05, 0) is 44.5 Å². The van der Waals surface area contributed by atoms with Gasteiger partial charge in [0.2, 0.25) is 0 Å². The third kappa shape index (κ3) is 5.15. The van der Waals surface area contributed by atoms with E-state index in [1.807, 2.05) is 6.07 Å². The minimum Gasteiger partial charge on any atom is -0.390 e. The first-order chi connectivity index (χ1) is 12.1. The Hall–Kier alpha value is -1.68. The highest BCUT2D eigenvalue weighted by atomic mass is 16.3. The second-order valence-electron chi connectivity index (χ2n) is 7.40. The number of hydrogen-bond acceptors (Lipinski definition) is 3. The summed E-state index contributed by atoms with van der Waals surface area (Å²) in [5, 5.41) is 10.6. The lowest BCUT2D eigenvalue weighted by Gasteiger charge is -2.29. The van der Waals surface area contributed by atoms with Crippen LogP contribution in [0.4, 0.5) is 0 Å². The van der Waals surface area contributed by atoms with Gasteiger partial charge in [-0.2, -0.15) is 0 Å². The van der Waals surface area contributed by atoms with Crippen LogP contribution in [0.2, 0.25) is 0 Å². The summed E-state index contributed by atoms with van der Waals surface area (Å²) in [5.74, 6) is 0. The summed E-state index contributed by atoms with van der Waals surface area (Å²) in [5.41, 5.74) is 3.99. The summed E-state index contributed by atoms with van der Waals surface area (Å²) >= 11 is 0. The van der Waals surface area contributed by atoms with Crippen molar-refractivity contribution in [2.24, 2.45) is 0 Å². The van der Waals surface area contributed by atoms with Gasteiger partial charge in [-0.1, -0.05) is 60.2 Å². The zero-order valence-electron chi connectivity index (χ0n) is 15.4. The van der Waals surface area contributed by atoms with Gasteiger partial charge in [-0.15, -0.1) is 0 Å². The molecule has 0 aliphatic carbocycles. The van der Waals surface area contributed by atoms with Crippen LogP contribution < -0.4 is 0 Å². The van der Waals surface area contributed by atoms with Crippen molar-refractivity contribution in [1.82, 2.24) is 9.80 Å². The molecule has 1 heterocycles. The van der Waals surface area contributed by atoms with E-state index in [1.165, 1.54) is 29.5 Å². The van der Waals surface area contributed by atoms with E-state index >= 15 is 0 Å². The van der Waals surface area contributed by atoms with E-state index in [-0.39, 0.29) is 6.10 Å². The fourth-order valence-electron chi connectivity index (χ4n) is 3.95. The zero-order chi connectivity index (χ0) is 17.6. The molecule has 1 N–H and O–H groups in total. The van der Waals surface area contributed by atoms with Crippen molar-refractivity contribution in [3.8, 4) is 0 Å². The maximum Gasteiger partial charge on any atom is 0.0794 e. The Morgan fingerprint density at radius 1 is 1.16 bits per heavy atom. The summed E-state index contributed by atoms with van der Waals surface area (Å²) in [6.07, 6.45) is 2.08. The van der Waals surface area contributed by atoms with Gasteiger partial charge in [0.05, 0.1) is 6.10 Å². The smallest absolute Gasteiger partial charge is 0.0794 e. The zero-order valence-corrected chi connectivity index (χ0v) is 15.4. The predicted molar refractivity (Wildman–Crippen MR) is 104 cm³/mol. The van der Waals surface area contributed by atoms with Crippen molar-refractivity contribution in [1.29, 1.82) is 0 Å². The van der Waals surface area contributed by atoms with Crippen LogP contribution in [0.15, 0.2) is 54.6 Å². The number of hydrogen-bond donors (Lipinski definition) is 1. The van der Waals surface area contributed by atoms with Crippen molar-refractivity contribution in [2.75, 3.05) is 26.7 Å². The average Bonchev–Trinajstić information content (AvgIpc) is 3.03. The van der Waals surface area contributed by atoms with Crippen LogP contribution in [-0.4, -0.2) is 47.7 Å². The molecule has 0 radical (unpaired) electrons. The molecule has 0 amide bonds. The summed E-state index contributed by atoms with van der Waals surface area (Å²) in [7, 11) is 2.08. The second-order valence-corrected chi connectivity index (χ2v) is 7.40. The Morgan fingerprint density at radius 3 is 2.72 bits per heavy atom. The molecule has 0 spiro atoms. The maximum absolute atomic E-state index is 10.6. The first-order valence-corrected chi connectivity index (χ1v) is 9.33. The molecule has 1 aliphatic rings.